The van der Waals surface area contributed by atoms with E-state index in [4.69, 9.17) is 5.73 Å². The van der Waals surface area contributed by atoms with Crippen LogP contribution in [0.25, 0.3) is 0 Å². The Morgan fingerprint density at radius 2 is 1.85 bits per heavy atom. The van der Waals surface area contributed by atoms with Crippen LogP contribution >= 0.6 is 0 Å². The van der Waals surface area contributed by atoms with Crippen LogP contribution in [0.15, 0.2) is 12.3 Å². The van der Waals surface area contributed by atoms with Gasteiger partial charge in [-0.15, -0.1) is 0 Å². The number of nitrogens with zero attached hydrogens (tertiary/aromatic N) is 4. The summed E-state index contributed by atoms with van der Waals surface area (Å²) in [5.41, 5.74) is 6.31. The van der Waals surface area contributed by atoms with Crippen molar-refractivity contribution in [3.63, 3.8) is 0 Å². The lowest BCUT2D eigenvalue weighted by molar-refractivity contribution is 0.184. The molecule has 5 nitrogen and oxygen atoms in total. The molecule has 2 saturated heterocycles. The van der Waals surface area contributed by atoms with Crippen molar-refractivity contribution >= 4 is 11.8 Å². The lowest BCUT2D eigenvalue weighted by Crippen LogP contribution is -2.41. The predicted octanol–water partition coefficient (Wildman–Crippen LogP) is 1.76. The monoisotopic (exact) mass is 275 g/mol. The van der Waals surface area contributed by atoms with Crippen LogP contribution in [0.1, 0.15) is 32.1 Å². The molecule has 2 aliphatic rings. The number of piperidine rings is 1. The van der Waals surface area contributed by atoms with Crippen LogP contribution in [0.5, 0.6) is 0 Å². The fourth-order valence-corrected chi connectivity index (χ4v) is 3.58. The Morgan fingerprint density at radius 1 is 1.10 bits per heavy atom. The fraction of sp³-hybridized carbons (Fsp3) is 0.733. The number of likely N-dealkylation sites (tertiary alicyclic amines) is 1. The summed E-state index contributed by atoms with van der Waals surface area (Å²) in [4.78, 5) is 13.5. The first-order chi connectivity index (χ1) is 9.67. The standard InChI is InChI=1S/C15H25N5/c1-19-9-2-4-15(5-10-19)6-11-20(12-7-15)14-17-8-3-13(16)18-14/h3,8H,2,4-7,9-12H2,1H3,(H2,16,17,18). The molecule has 0 bridgehead atoms. The third kappa shape index (κ3) is 2.87. The zero-order valence-electron chi connectivity index (χ0n) is 12.4. The van der Waals surface area contributed by atoms with E-state index in [1.807, 2.05) is 0 Å². The molecule has 1 spiro atoms. The van der Waals surface area contributed by atoms with Gasteiger partial charge in [0, 0.05) is 19.3 Å². The van der Waals surface area contributed by atoms with Gasteiger partial charge >= 0.3 is 0 Å². The summed E-state index contributed by atoms with van der Waals surface area (Å²) in [5.74, 6) is 1.36. The summed E-state index contributed by atoms with van der Waals surface area (Å²) >= 11 is 0. The molecule has 0 aromatic carbocycles. The Kier molecular flexibility index (Phi) is 3.78. The van der Waals surface area contributed by atoms with E-state index >= 15 is 0 Å². The Bertz CT molecular complexity index is 453. The molecule has 2 N–H and O–H groups in total. The van der Waals surface area contributed by atoms with Gasteiger partial charge in [-0.3, -0.25) is 0 Å². The number of nitrogens with two attached hydrogens (primary N) is 1. The Labute approximate surface area is 121 Å². The van der Waals surface area contributed by atoms with Gasteiger partial charge in [-0.1, -0.05) is 0 Å². The number of aromatic nitrogens is 2. The highest BCUT2D eigenvalue weighted by Gasteiger charge is 2.36. The van der Waals surface area contributed by atoms with E-state index in [-0.39, 0.29) is 0 Å². The number of rotatable bonds is 1. The van der Waals surface area contributed by atoms with Crippen LogP contribution in [0.4, 0.5) is 11.8 Å². The molecule has 1 aromatic heterocycles. The molecule has 3 heterocycles. The van der Waals surface area contributed by atoms with Gasteiger partial charge in [0.15, 0.2) is 0 Å². The third-order valence-corrected chi connectivity index (χ3v) is 5.04. The van der Waals surface area contributed by atoms with Gasteiger partial charge in [-0.05, 0) is 63.7 Å². The second-order valence-electron chi connectivity index (χ2n) is 6.43. The van der Waals surface area contributed by atoms with Crippen molar-refractivity contribution in [1.29, 1.82) is 0 Å². The summed E-state index contributed by atoms with van der Waals surface area (Å²) in [6.07, 6.45) is 8.34. The first-order valence-corrected chi connectivity index (χ1v) is 7.69. The highest BCUT2D eigenvalue weighted by atomic mass is 15.3. The quantitative estimate of drug-likeness (QED) is 0.846. The van der Waals surface area contributed by atoms with Crippen LogP contribution in [-0.2, 0) is 0 Å². The zero-order chi connectivity index (χ0) is 14.0. The number of hydrogen-bond acceptors (Lipinski definition) is 5. The molecule has 0 saturated carbocycles. The zero-order valence-corrected chi connectivity index (χ0v) is 12.4. The van der Waals surface area contributed by atoms with Gasteiger partial charge in [0.25, 0.3) is 0 Å². The molecule has 5 heteroatoms. The molecule has 20 heavy (non-hydrogen) atoms. The second kappa shape index (κ2) is 5.56. The molecule has 0 atom stereocenters. The van der Waals surface area contributed by atoms with Crippen LogP contribution in [0, 0.1) is 5.41 Å². The van der Waals surface area contributed by atoms with E-state index in [1.165, 1.54) is 45.2 Å². The highest BCUT2D eigenvalue weighted by Crippen LogP contribution is 2.41. The topological polar surface area (TPSA) is 58.3 Å². The van der Waals surface area contributed by atoms with Crippen LogP contribution in [0.2, 0.25) is 0 Å². The summed E-state index contributed by atoms with van der Waals surface area (Å²) in [6, 6.07) is 1.75. The minimum Gasteiger partial charge on any atom is -0.384 e. The van der Waals surface area contributed by atoms with Gasteiger partial charge in [-0.25, -0.2) is 4.98 Å². The van der Waals surface area contributed by atoms with Crippen molar-refractivity contribution in [3.05, 3.63) is 12.3 Å². The maximum absolute atomic E-state index is 5.75. The third-order valence-electron chi connectivity index (χ3n) is 5.04. The average molecular weight is 275 g/mol. The molecule has 1 aromatic rings. The smallest absolute Gasteiger partial charge is 0.227 e. The van der Waals surface area contributed by atoms with Gasteiger partial charge in [0.1, 0.15) is 5.82 Å². The van der Waals surface area contributed by atoms with Crippen molar-refractivity contribution < 1.29 is 0 Å². The summed E-state index contributed by atoms with van der Waals surface area (Å²) in [5, 5.41) is 0. The van der Waals surface area contributed by atoms with Crippen LogP contribution < -0.4 is 10.6 Å². The molecule has 0 radical (unpaired) electrons. The molecule has 2 aliphatic heterocycles. The minimum atomic E-state index is 0.557. The lowest BCUT2D eigenvalue weighted by atomic mass is 9.73. The summed E-state index contributed by atoms with van der Waals surface area (Å²) in [7, 11) is 2.24. The maximum atomic E-state index is 5.75. The van der Waals surface area contributed by atoms with E-state index in [0.29, 0.717) is 11.2 Å². The molecule has 110 valence electrons. The van der Waals surface area contributed by atoms with E-state index < -0.39 is 0 Å². The molecular formula is C15H25N5. The molecule has 3 rings (SSSR count). The average Bonchev–Trinajstić information content (AvgIpc) is 2.63. The van der Waals surface area contributed by atoms with Gasteiger partial charge < -0.3 is 15.5 Å². The molecule has 0 aliphatic carbocycles. The first kappa shape index (κ1) is 13.6. The molecule has 2 fully saturated rings. The normalized spacial score (nSPS) is 23.8. The maximum Gasteiger partial charge on any atom is 0.227 e. The SMILES string of the molecule is CN1CCCC2(CC1)CCN(c1nccc(N)n1)CC2. The van der Waals surface area contributed by atoms with E-state index in [2.05, 4.69) is 26.8 Å². The van der Waals surface area contributed by atoms with E-state index in [1.54, 1.807) is 12.3 Å². The lowest BCUT2D eigenvalue weighted by Gasteiger charge is -2.41. The van der Waals surface area contributed by atoms with Crippen molar-refractivity contribution in [2.75, 3.05) is 43.9 Å². The van der Waals surface area contributed by atoms with Crippen LogP contribution in [0.3, 0.4) is 0 Å². The summed E-state index contributed by atoms with van der Waals surface area (Å²) in [6.45, 7) is 4.62. The largest absolute Gasteiger partial charge is 0.384 e. The van der Waals surface area contributed by atoms with Crippen molar-refractivity contribution in [2.45, 2.75) is 32.1 Å². The van der Waals surface area contributed by atoms with Gasteiger partial charge in [-0.2, -0.15) is 4.98 Å². The first-order valence-electron chi connectivity index (χ1n) is 7.69. The number of nitrogen functional groups attached to an aromatic ring is 1. The van der Waals surface area contributed by atoms with Crippen molar-refractivity contribution in [1.82, 2.24) is 14.9 Å². The second-order valence-corrected chi connectivity index (χ2v) is 6.43. The highest BCUT2D eigenvalue weighted by molar-refractivity contribution is 5.38. The van der Waals surface area contributed by atoms with Crippen LogP contribution in [-0.4, -0.2) is 48.1 Å². The Balaban J connectivity index is 1.64. The Hall–Kier alpha value is -1.36. The van der Waals surface area contributed by atoms with Crippen molar-refractivity contribution in [2.24, 2.45) is 5.41 Å². The molecule has 0 unspecified atom stereocenters. The summed E-state index contributed by atoms with van der Waals surface area (Å²) < 4.78 is 0. The molecular weight excluding hydrogens is 250 g/mol. The number of hydrogen-bond donors (Lipinski definition) is 1. The van der Waals surface area contributed by atoms with E-state index in [0.717, 1.165) is 19.0 Å². The van der Waals surface area contributed by atoms with Gasteiger partial charge in [0.05, 0.1) is 0 Å². The van der Waals surface area contributed by atoms with E-state index in [9.17, 15) is 0 Å². The fourth-order valence-electron chi connectivity index (χ4n) is 3.58. The minimum absolute atomic E-state index is 0.557. The van der Waals surface area contributed by atoms with Gasteiger partial charge in [0.2, 0.25) is 5.95 Å². The predicted molar refractivity (Wildman–Crippen MR) is 81.7 cm³/mol. The Morgan fingerprint density at radius 3 is 2.60 bits per heavy atom. The number of anilines is 2. The molecule has 0 amide bonds. The van der Waals surface area contributed by atoms with Crippen molar-refractivity contribution in [3.8, 4) is 0 Å².